The molecule has 10 heteroatoms. The van der Waals surface area contributed by atoms with Crippen LogP contribution in [-0.2, 0) is 10.2 Å². The SMILES string of the molecule is NS(=O)(=O)N1CCC2(CC1)C[C@H]2c1noc(-c2ccnn2C2CC2)n1. The lowest BCUT2D eigenvalue weighted by atomic mass is 9.92. The first-order valence-corrected chi connectivity index (χ1v) is 10.1. The van der Waals surface area contributed by atoms with E-state index in [4.69, 9.17) is 9.66 Å². The topological polar surface area (TPSA) is 120 Å². The second kappa shape index (κ2) is 5.12. The van der Waals surface area contributed by atoms with E-state index in [1.165, 1.54) is 4.31 Å². The van der Waals surface area contributed by atoms with E-state index < -0.39 is 10.2 Å². The Labute approximate surface area is 145 Å². The van der Waals surface area contributed by atoms with Crippen molar-refractivity contribution in [1.82, 2.24) is 24.2 Å². The Bertz CT molecular complexity index is 907. The van der Waals surface area contributed by atoms with Crippen LogP contribution in [0.25, 0.3) is 11.6 Å². The minimum absolute atomic E-state index is 0.0963. The quantitative estimate of drug-likeness (QED) is 0.865. The maximum absolute atomic E-state index is 11.5. The number of aromatic nitrogens is 4. The van der Waals surface area contributed by atoms with Crippen LogP contribution >= 0.6 is 0 Å². The molecule has 3 aliphatic rings. The average molecular weight is 364 g/mol. The van der Waals surface area contributed by atoms with Gasteiger partial charge >= 0.3 is 0 Å². The first kappa shape index (κ1) is 15.5. The summed E-state index contributed by atoms with van der Waals surface area (Å²) < 4.78 is 31.7. The summed E-state index contributed by atoms with van der Waals surface area (Å²) in [5.41, 5.74) is 0.971. The van der Waals surface area contributed by atoms with Gasteiger partial charge in [-0.15, -0.1) is 0 Å². The average Bonchev–Trinajstić information content (AvgIpc) is 3.41. The second-order valence-electron chi connectivity index (χ2n) is 7.41. The Morgan fingerprint density at radius 3 is 2.72 bits per heavy atom. The van der Waals surface area contributed by atoms with Crippen molar-refractivity contribution in [3.8, 4) is 11.6 Å². The number of hydrogen-bond donors (Lipinski definition) is 1. The Morgan fingerprint density at radius 1 is 1.28 bits per heavy atom. The number of nitrogens with zero attached hydrogens (tertiary/aromatic N) is 5. The Hall–Kier alpha value is -1.78. The molecule has 2 aliphatic carbocycles. The molecule has 2 saturated carbocycles. The molecule has 0 bridgehead atoms. The van der Waals surface area contributed by atoms with Crippen LogP contribution in [0.3, 0.4) is 0 Å². The fourth-order valence-corrected chi connectivity index (χ4v) is 4.72. The van der Waals surface area contributed by atoms with Gasteiger partial charge < -0.3 is 4.52 Å². The lowest BCUT2D eigenvalue weighted by molar-refractivity contribution is 0.249. The Kier molecular flexibility index (Phi) is 3.17. The molecule has 1 saturated heterocycles. The van der Waals surface area contributed by atoms with Gasteiger partial charge in [-0.25, -0.2) is 5.14 Å². The first-order valence-electron chi connectivity index (χ1n) is 8.62. The van der Waals surface area contributed by atoms with Gasteiger partial charge in [-0.2, -0.15) is 22.8 Å². The highest BCUT2D eigenvalue weighted by Gasteiger charge is 2.58. The molecule has 5 rings (SSSR count). The predicted octanol–water partition coefficient (Wildman–Crippen LogP) is 1.04. The third-order valence-corrected chi connectivity index (χ3v) is 6.89. The minimum atomic E-state index is -3.59. The van der Waals surface area contributed by atoms with Gasteiger partial charge in [0.2, 0.25) is 0 Å². The van der Waals surface area contributed by atoms with Gasteiger partial charge in [0.1, 0.15) is 5.69 Å². The molecule has 25 heavy (non-hydrogen) atoms. The van der Waals surface area contributed by atoms with E-state index >= 15 is 0 Å². The molecule has 0 amide bonds. The summed E-state index contributed by atoms with van der Waals surface area (Å²) in [6.45, 7) is 0.934. The highest BCUT2D eigenvalue weighted by molar-refractivity contribution is 7.86. The van der Waals surface area contributed by atoms with Crippen LogP contribution in [0, 0.1) is 5.41 Å². The molecule has 1 aliphatic heterocycles. The first-order chi connectivity index (χ1) is 12.0. The van der Waals surface area contributed by atoms with Crippen LogP contribution in [-0.4, -0.2) is 45.7 Å². The van der Waals surface area contributed by atoms with Crippen molar-refractivity contribution in [3.63, 3.8) is 0 Å². The van der Waals surface area contributed by atoms with Crippen molar-refractivity contribution in [2.45, 2.75) is 44.1 Å². The van der Waals surface area contributed by atoms with E-state index in [1.807, 2.05) is 10.7 Å². The normalized spacial score (nSPS) is 26.2. The van der Waals surface area contributed by atoms with Crippen LogP contribution in [0.5, 0.6) is 0 Å². The highest BCUT2D eigenvalue weighted by atomic mass is 32.2. The molecular formula is C15H20N6O3S. The van der Waals surface area contributed by atoms with Gasteiger partial charge in [-0.05, 0) is 43.6 Å². The summed E-state index contributed by atoms with van der Waals surface area (Å²) in [4.78, 5) is 4.61. The fourth-order valence-electron chi connectivity index (χ4n) is 4.03. The van der Waals surface area contributed by atoms with Crippen molar-refractivity contribution < 1.29 is 12.9 Å². The molecule has 1 spiro atoms. The van der Waals surface area contributed by atoms with Gasteiger partial charge in [0.15, 0.2) is 5.82 Å². The van der Waals surface area contributed by atoms with Gasteiger partial charge in [0.25, 0.3) is 16.1 Å². The van der Waals surface area contributed by atoms with Gasteiger partial charge in [-0.3, -0.25) is 4.68 Å². The van der Waals surface area contributed by atoms with Crippen molar-refractivity contribution in [2.75, 3.05) is 13.1 Å². The van der Waals surface area contributed by atoms with E-state index in [-0.39, 0.29) is 11.3 Å². The van der Waals surface area contributed by atoms with Gasteiger partial charge in [-0.1, -0.05) is 5.16 Å². The van der Waals surface area contributed by atoms with Crippen LogP contribution in [0.4, 0.5) is 0 Å². The number of rotatable bonds is 4. The smallest absolute Gasteiger partial charge is 0.276 e. The third-order valence-electron chi connectivity index (χ3n) is 5.80. The Balaban J connectivity index is 1.32. The summed E-state index contributed by atoms with van der Waals surface area (Å²) >= 11 is 0. The molecule has 0 aromatic carbocycles. The molecule has 2 N–H and O–H groups in total. The van der Waals surface area contributed by atoms with Crippen molar-refractivity contribution >= 4 is 10.2 Å². The molecule has 134 valence electrons. The fraction of sp³-hybridized carbons (Fsp3) is 0.667. The third kappa shape index (κ3) is 2.59. The summed E-state index contributed by atoms with van der Waals surface area (Å²) in [5.74, 6) is 1.48. The van der Waals surface area contributed by atoms with E-state index in [9.17, 15) is 8.42 Å². The van der Waals surface area contributed by atoms with Crippen LogP contribution < -0.4 is 5.14 Å². The standard InChI is InChI=1S/C15H20N6O3S/c16-25(22,23)20-7-4-15(5-8-20)9-11(15)13-18-14(24-19-13)12-3-6-17-21(12)10-1-2-10/h3,6,10-11H,1-2,4-5,7-9H2,(H2,16,22,23)/t11-/m0/s1. The predicted molar refractivity (Wildman–Crippen MR) is 87.5 cm³/mol. The zero-order valence-electron chi connectivity index (χ0n) is 13.7. The molecule has 9 nitrogen and oxygen atoms in total. The van der Waals surface area contributed by atoms with E-state index in [0.29, 0.717) is 25.0 Å². The van der Waals surface area contributed by atoms with Crippen LogP contribution in [0.15, 0.2) is 16.8 Å². The minimum Gasteiger partial charge on any atom is -0.332 e. The summed E-state index contributed by atoms with van der Waals surface area (Å²) in [6.07, 6.45) is 6.60. The van der Waals surface area contributed by atoms with Gasteiger partial charge in [0, 0.05) is 25.2 Å². The Morgan fingerprint density at radius 2 is 2.04 bits per heavy atom. The number of hydrogen-bond acceptors (Lipinski definition) is 6. The largest absolute Gasteiger partial charge is 0.332 e. The highest BCUT2D eigenvalue weighted by Crippen LogP contribution is 2.64. The molecule has 1 atom stereocenters. The van der Waals surface area contributed by atoms with Crippen molar-refractivity contribution in [2.24, 2.45) is 10.6 Å². The molecule has 0 radical (unpaired) electrons. The van der Waals surface area contributed by atoms with Crippen LogP contribution in [0.1, 0.15) is 49.9 Å². The maximum Gasteiger partial charge on any atom is 0.276 e. The summed E-state index contributed by atoms with van der Waals surface area (Å²) in [7, 11) is -3.59. The maximum atomic E-state index is 11.5. The monoisotopic (exact) mass is 364 g/mol. The molecule has 2 aromatic rings. The molecule has 2 aromatic heterocycles. The lowest BCUT2D eigenvalue weighted by Crippen LogP contribution is -2.43. The lowest BCUT2D eigenvalue weighted by Gasteiger charge is -2.30. The van der Waals surface area contributed by atoms with E-state index in [0.717, 1.165) is 43.6 Å². The molecule has 0 unspecified atom stereocenters. The van der Waals surface area contributed by atoms with Gasteiger partial charge in [0.05, 0.1) is 6.04 Å². The van der Waals surface area contributed by atoms with Crippen molar-refractivity contribution in [3.05, 3.63) is 18.1 Å². The zero-order chi connectivity index (χ0) is 17.2. The number of piperidine rings is 1. The zero-order valence-corrected chi connectivity index (χ0v) is 14.5. The second-order valence-corrected chi connectivity index (χ2v) is 8.96. The molecule has 3 fully saturated rings. The van der Waals surface area contributed by atoms with Crippen molar-refractivity contribution in [1.29, 1.82) is 0 Å². The number of nitrogens with two attached hydrogens (primary N) is 1. The summed E-state index contributed by atoms with van der Waals surface area (Å²) in [5, 5.41) is 13.8. The van der Waals surface area contributed by atoms with E-state index in [2.05, 4.69) is 15.2 Å². The molecule has 3 heterocycles. The summed E-state index contributed by atoms with van der Waals surface area (Å²) in [6, 6.07) is 2.36. The van der Waals surface area contributed by atoms with E-state index in [1.54, 1.807) is 6.20 Å². The van der Waals surface area contributed by atoms with Crippen LogP contribution in [0.2, 0.25) is 0 Å². The molecular weight excluding hydrogens is 344 g/mol.